The molecule has 0 unspecified atom stereocenters. The molecular formula is C20H28N4O2. The molecular weight excluding hydrogens is 328 g/mol. The molecule has 1 aromatic rings. The van der Waals surface area contributed by atoms with Crippen molar-refractivity contribution in [2.45, 2.75) is 19.9 Å². The molecule has 0 aromatic heterocycles. The molecule has 1 aliphatic heterocycles. The van der Waals surface area contributed by atoms with Crippen LogP contribution in [0.2, 0.25) is 0 Å². The Morgan fingerprint density at radius 1 is 1.27 bits per heavy atom. The smallest absolute Gasteiger partial charge is 0.263 e. The first-order chi connectivity index (χ1) is 12.7. The summed E-state index contributed by atoms with van der Waals surface area (Å²) in [6.07, 6.45) is 2.44. The summed E-state index contributed by atoms with van der Waals surface area (Å²) >= 11 is 0. The lowest BCUT2D eigenvalue weighted by molar-refractivity contribution is -0.117. The predicted octanol–water partition coefficient (Wildman–Crippen LogP) is 1.75. The minimum Gasteiger partial charge on any atom is -0.382 e. The zero-order valence-electron chi connectivity index (χ0n) is 15.5. The molecule has 1 N–H and O–H groups in total. The van der Waals surface area contributed by atoms with Crippen LogP contribution < -0.4 is 5.32 Å². The number of amides is 1. The predicted molar refractivity (Wildman–Crippen MR) is 101 cm³/mol. The molecule has 1 saturated heterocycles. The molecule has 6 heteroatoms. The van der Waals surface area contributed by atoms with Crippen LogP contribution in [0.1, 0.15) is 18.9 Å². The standard InChI is InChI=1S/C20H28N4O2/c1-2-26-14-6-9-22-20(25)19(15-21)17-24-12-10-23(11-13-24)16-18-7-4-3-5-8-18/h3-5,7-8,17H,2,6,9-14,16H2,1H3,(H,22,25)/b19-17-. The first kappa shape index (κ1) is 20.0. The number of nitrogens with zero attached hydrogens (tertiary/aromatic N) is 3. The summed E-state index contributed by atoms with van der Waals surface area (Å²) in [5.41, 5.74) is 1.47. The molecule has 1 amide bonds. The summed E-state index contributed by atoms with van der Waals surface area (Å²) in [6, 6.07) is 12.4. The first-order valence-electron chi connectivity index (χ1n) is 9.21. The van der Waals surface area contributed by atoms with E-state index in [0.29, 0.717) is 19.8 Å². The van der Waals surface area contributed by atoms with E-state index in [-0.39, 0.29) is 11.5 Å². The number of nitriles is 1. The number of hydrogen-bond donors (Lipinski definition) is 1. The molecule has 0 saturated carbocycles. The van der Waals surface area contributed by atoms with E-state index in [4.69, 9.17) is 4.74 Å². The summed E-state index contributed by atoms with van der Waals surface area (Å²) in [6.45, 7) is 8.14. The third-order valence-corrected chi connectivity index (χ3v) is 4.29. The Hall–Kier alpha value is -2.36. The highest BCUT2D eigenvalue weighted by atomic mass is 16.5. The van der Waals surface area contributed by atoms with E-state index in [2.05, 4.69) is 39.4 Å². The van der Waals surface area contributed by atoms with Gasteiger partial charge in [-0.15, -0.1) is 0 Å². The second-order valence-corrected chi connectivity index (χ2v) is 6.26. The van der Waals surface area contributed by atoms with Crippen molar-refractivity contribution in [2.75, 3.05) is 45.9 Å². The second kappa shape index (κ2) is 11.3. The van der Waals surface area contributed by atoms with Crippen molar-refractivity contribution in [3.05, 3.63) is 47.7 Å². The lowest BCUT2D eigenvalue weighted by Crippen LogP contribution is -2.44. The highest BCUT2D eigenvalue weighted by Gasteiger charge is 2.17. The van der Waals surface area contributed by atoms with Crippen molar-refractivity contribution in [1.29, 1.82) is 5.26 Å². The number of benzene rings is 1. The molecule has 0 spiro atoms. The molecule has 0 atom stereocenters. The van der Waals surface area contributed by atoms with Crippen LogP contribution in [-0.2, 0) is 16.1 Å². The Kier molecular flexibility index (Phi) is 8.67. The van der Waals surface area contributed by atoms with Gasteiger partial charge in [0, 0.05) is 58.7 Å². The molecule has 140 valence electrons. The minimum atomic E-state index is -0.310. The molecule has 2 rings (SSSR count). The van der Waals surface area contributed by atoms with Crippen LogP contribution in [0.15, 0.2) is 42.1 Å². The van der Waals surface area contributed by atoms with E-state index in [1.54, 1.807) is 6.20 Å². The molecule has 0 radical (unpaired) electrons. The number of piperazine rings is 1. The number of carbonyl (C=O) groups is 1. The fourth-order valence-corrected chi connectivity index (χ4v) is 2.83. The lowest BCUT2D eigenvalue weighted by atomic mass is 10.2. The van der Waals surface area contributed by atoms with Gasteiger partial charge in [0.15, 0.2) is 0 Å². The summed E-state index contributed by atoms with van der Waals surface area (Å²) in [7, 11) is 0. The summed E-state index contributed by atoms with van der Waals surface area (Å²) in [4.78, 5) is 16.6. The molecule has 1 aromatic carbocycles. The first-order valence-corrected chi connectivity index (χ1v) is 9.21. The van der Waals surface area contributed by atoms with Crippen molar-refractivity contribution in [1.82, 2.24) is 15.1 Å². The average Bonchev–Trinajstić information content (AvgIpc) is 2.68. The highest BCUT2D eigenvalue weighted by molar-refractivity contribution is 5.97. The Balaban J connectivity index is 1.76. The van der Waals surface area contributed by atoms with E-state index in [1.807, 2.05) is 19.1 Å². The maximum Gasteiger partial charge on any atom is 0.263 e. The van der Waals surface area contributed by atoms with Crippen LogP contribution in [0, 0.1) is 11.3 Å². The number of rotatable bonds is 9. The van der Waals surface area contributed by atoms with E-state index < -0.39 is 0 Å². The molecule has 6 nitrogen and oxygen atoms in total. The highest BCUT2D eigenvalue weighted by Crippen LogP contribution is 2.09. The van der Waals surface area contributed by atoms with Crippen molar-refractivity contribution in [3.8, 4) is 6.07 Å². The average molecular weight is 356 g/mol. The van der Waals surface area contributed by atoms with Crippen molar-refractivity contribution < 1.29 is 9.53 Å². The van der Waals surface area contributed by atoms with E-state index in [1.165, 1.54) is 5.56 Å². The van der Waals surface area contributed by atoms with Crippen molar-refractivity contribution in [2.24, 2.45) is 0 Å². The van der Waals surface area contributed by atoms with Crippen LogP contribution in [-0.4, -0.2) is 61.6 Å². The van der Waals surface area contributed by atoms with Gasteiger partial charge in [-0.3, -0.25) is 9.69 Å². The molecule has 1 heterocycles. The largest absolute Gasteiger partial charge is 0.382 e. The molecule has 0 bridgehead atoms. The van der Waals surface area contributed by atoms with Gasteiger partial charge >= 0.3 is 0 Å². The minimum absolute atomic E-state index is 0.165. The summed E-state index contributed by atoms with van der Waals surface area (Å²) in [5.74, 6) is -0.310. The van der Waals surface area contributed by atoms with Gasteiger partial charge < -0.3 is 15.0 Å². The second-order valence-electron chi connectivity index (χ2n) is 6.26. The molecule has 1 aliphatic rings. The summed E-state index contributed by atoms with van der Waals surface area (Å²) < 4.78 is 5.23. The number of carbonyl (C=O) groups excluding carboxylic acids is 1. The lowest BCUT2D eigenvalue weighted by Gasteiger charge is -2.34. The van der Waals surface area contributed by atoms with Gasteiger partial charge in [-0.1, -0.05) is 30.3 Å². The Morgan fingerprint density at radius 3 is 2.65 bits per heavy atom. The van der Waals surface area contributed by atoms with E-state index in [0.717, 1.165) is 39.1 Å². The third-order valence-electron chi connectivity index (χ3n) is 4.29. The van der Waals surface area contributed by atoms with Gasteiger partial charge in [-0.25, -0.2) is 0 Å². The Labute approximate surface area is 156 Å². The van der Waals surface area contributed by atoms with Gasteiger partial charge in [0.05, 0.1) is 0 Å². The van der Waals surface area contributed by atoms with Gasteiger partial charge in [-0.2, -0.15) is 5.26 Å². The quantitative estimate of drug-likeness (QED) is 0.415. The number of nitrogens with one attached hydrogen (secondary N) is 1. The maximum absolute atomic E-state index is 12.1. The van der Waals surface area contributed by atoms with Crippen molar-refractivity contribution in [3.63, 3.8) is 0 Å². The number of hydrogen-bond acceptors (Lipinski definition) is 5. The SMILES string of the molecule is CCOCCCNC(=O)/C(C#N)=C\N1CCN(Cc2ccccc2)CC1. The van der Waals surface area contributed by atoms with Gasteiger partial charge in [0.25, 0.3) is 5.91 Å². The maximum atomic E-state index is 12.1. The summed E-state index contributed by atoms with van der Waals surface area (Å²) in [5, 5.41) is 12.1. The van der Waals surface area contributed by atoms with Crippen LogP contribution >= 0.6 is 0 Å². The zero-order valence-corrected chi connectivity index (χ0v) is 15.5. The molecule has 0 aliphatic carbocycles. The van der Waals surface area contributed by atoms with E-state index >= 15 is 0 Å². The van der Waals surface area contributed by atoms with Crippen LogP contribution in [0.3, 0.4) is 0 Å². The normalized spacial score (nSPS) is 15.5. The van der Waals surface area contributed by atoms with Crippen molar-refractivity contribution >= 4 is 5.91 Å². The van der Waals surface area contributed by atoms with Gasteiger partial charge in [-0.05, 0) is 18.9 Å². The third kappa shape index (κ3) is 6.87. The Bertz CT molecular complexity index is 616. The van der Waals surface area contributed by atoms with Gasteiger partial charge in [0.2, 0.25) is 0 Å². The Morgan fingerprint density at radius 2 is 2.00 bits per heavy atom. The van der Waals surface area contributed by atoms with E-state index in [9.17, 15) is 10.1 Å². The fourth-order valence-electron chi connectivity index (χ4n) is 2.83. The van der Waals surface area contributed by atoms with Crippen LogP contribution in [0.5, 0.6) is 0 Å². The fraction of sp³-hybridized carbons (Fsp3) is 0.500. The van der Waals surface area contributed by atoms with Crippen LogP contribution in [0.4, 0.5) is 0 Å². The van der Waals surface area contributed by atoms with Gasteiger partial charge in [0.1, 0.15) is 11.6 Å². The van der Waals surface area contributed by atoms with Crippen LogP contribution in [0.25, 0.3) is 0 Å². The molecule has 26 heavy (non-hydrogen) atoms. The monoisotopic (exact) mass is 356 g/mol. The zero-order chi connectivity index (χ0) is 18.6. The molecule has 1 fully saturated rings. The number of ether oxygens (including phenoxy) is 1. The topological polar surface area (TPSA) is 68.6 Å².